The lowest BCUT2D eigenvalue weighted by Gasteiger charge is -2.30. The van der Waals surface area contributed by atoms with Crippen LogP contribution in [0.4, 0.5) is 4.79 Å². The number of carbonyl (C=O) groups excluding carboxylic acids is 1. The summed E-state index contributed by atoms with van der Waals surface area (Å²) < 4.78 is 29.9. The van der Waals surface area contributed by atoms with Gasteiger partial charge in [-0.15, -0.1) is 0 Å². The summed E-state index contributed by atoms with van der Waals surface area (Å²) in [4.78, 5) is 22.8. The highest BCUT2D eigenvalue weighted by Gasteiger charge is 2.40. The van der Waals surface area contributed by atoms with Gasteiger partial charge in [0.25, 0.3) is 0 Å². The molecule has 0 radical (unpaired) electrons. The van der Waals surface area contributed by atoms with Gasteiger partial charge in [0.2, 0.25) is 0 Å². The number of carboxylic acids is 1. The minimum Gasteiger partial charge on any atom is -0.480 e. The number of rotatable bonds is 4. The van der Waals surface area contributed by atoms with Gasteiger partial charge in [0, 0.05) is 14.1 Å². The molecule has 0 aromatic carbocycles. The van der Waals surface area contributed by atoms with E-state index in [0.29, 0.717) is 0 Å². The van der Waals surface area contributed by atoms with Gasteiger partial charge in [0.15, 0.2) is 0 Å². The molecule has 0 saturated carbocycles. The van der Waals surface area contributed by atoms with Crippen molar-refractivity contribution in [1.29, 1.82) is 0 Å². The molecule has 0 spiro atoms. The molecular weight excluding hydrogens is 276 g/mol. The Morgan fingerprint density at radius 1 is 1.21 bits per heavy atom. The van der Waals surface area contributed by atoms with Crippen LogP contribution in [0.15, 0.2) is 0 Å². The molecule has 0 heterocycles. The van der Waals surface area contributed by atoms with Crippen molar-refractivity contribution in [2.75, 3.05) is 14.1 Å². The van der Waals surface area contributed by atoms with E-state index in [4.69, 9.17) is 9.84 Å². The van der Waals surface area contributed by atoms with E-state index in [1.54, 1.807) is 20.8 Å². The van der Waals surface area contributed by atoms with Crippen molar-refractivity contribution in [3.63, 3.8) is 0 Å². The van der Waals surface area contributed by atoms with E-state index in [1.165, 1.54) is 14.1 Å². The van der Waals surface area contributed by atoms with Crippen LogP contribution in [0.5, 0.6) is 0 Å². The summed E-state index contributed by atoms with van der Waals surface area (Å²) >= 11 is 0. The molecule has 0 aromatic rings. The summed E-state index contributed by atoms with van der Waals surface area (Å²) in [7, 11) is -1.85. The van der Waals surface area contributed by atoms with Gasteiger partial charge in [-0.05, 0) is 27.7 Å². The lowest BCUT2D eigenvalue weighted by atomic mass is 10.2. The molecule has 8 nitrogen and oxygen atoms in total. The van der Waals surface area contributed by atoms with E-state index < -0.39 is 33.9 Å². The predicted molar refractivity (Wildman–Crippen MR) is 67.8 cm³/mol. The van der Waals surface area contributed by atoms with E-state index in [0.717, 1.165) is 11.2 Å². The Labute approximate surface area is 113 Å². The molecule has 0 saturated heterocycles. The minimum absolute atomic E-state index is 0.209. The molecular formula is C10H20N2O6S. The Morgan fingerprint density at radius 3 is 1.89 bits per heavy atom. The Balaban J connectivity index is 5.56. The number of aliphatic carboxylic acids is 1. The second kappa shape index (κ2) is 5.74. The smallest absolute Gasteiger partial charge is 0.425 e. The summed E-state index contributed by atoms with van der Waals surface area (Å²) in [5.74, 6) is -1.45. The van der Waals surface area contributed by atoms with Crippen molar-refractivity contribution >= 4 is 22.3 Å². The topological polar surface area (TPSA) is 104 Å². The van der Waals surface area contributed by atoms with Crippen molar-refractivity contribution in [2.45, 2.75) is 39.3 Å². The largest absolute Gasteiger partial charge is 0.480 e. The third-order valence-corrected chi connectivity index (χ3v) is 3.88. The van der Waals surface area contributed by atoms with Gasteiger partial charge in [0.05, 0.1) is 0 Å². The molecule has 0 fully saturated rings. The lowest BCUT2D eigenvalue weighted by molar-refractivity contribution is -0.140. The van der Waals surface area contributed by atoms with Crippen LogP contribution < -0.4 is 0 Å². The molecule has 112 valence electrons. The van der Waals surface area contributed by atoms with Gasteiger partial charge in [-0.25, -0.2) is 9.59 Å². The Morgan fingerprint density at radius 2 is 1.63 bits per heavy atom. The maximum atomic E-state index is 12.0. The summed E-state index contributed by atoms with van der Waals surface area (Å²) in [5.41, 5.74) is -0.935. The predicted octanol–water partition coefficient (Wildman–Crippen LogP) is 0.503. The van der Waals surface area contributed by atoms with Gasteiger partial charge in [-0.3, -0.25) is 0 Å². The van der Waals surface area contributed by atoms with Gasteiger partial charge >= 0.3 is 22.3 Å². The van der Waals surface area contributed by atoms with Crippen molar-refractivity contribution in [3.8, 4) is 0 Å². The second-order valence-electron chi connectivity index (χ2n) is 5.08. The minimum atomic E-state index is -4.24. The third-order valence-electron chi connectivity index (χ3n) is 1.99. The first-order chi connectivity index (χ1) is 8.30. The molecule has 1 atom stereocenters. The van der Waals surface area contributed by atoms with Gasteiger partial charge in [-0.1, -0.05) is 0 Å². The normalized spacial score (nSPS) is 14.1. The third kappa shape index (κ3) is 4.67. The Hall–Kier alpha value is -1.35. The molecule has 9 heteroatoms. The molecule has 19 heavy (non-hydrogen) atoms. The van der Waals surface area contributed by atoms with Crippen LogP contribution in [-0.2, 0) is 19.7 Å². The van der Waals surface area contributed by atoms with E-state index in [2.05, 4.69) is 0 Å². The highest BCUT2D eigenvalue weighted by molar-refractivity contribution is 7.87. The maximum absolute atomic E-state index is 12.0. The second-order valence-corrected chi connectivity index (χ2v) is 7.10. The van der Waals surface area contributed by atoms with Crippen molar-refractivity contribution in [2.24, 2.45) is 0 Å². The number of carbonyl (C=O) groups is 2. The zero-order valence-corrected chi connectivity index (χ0v) is 12.7. The molecule has 1 N–H and O–H groups in total. The quantitative estimate of drug-likeness (QED) is 0.810. The van der Waals surface area contributed by atoms with Crippen molar-refractivity contribution in [3.05, 3.63) is 0 Å². The number of nitrogens with zero attached hydrogens (tertiary/aromatic N) is 2. The molecule has 0 bridgehead atoms. The molecule has 0 aromatic heterocycles. The molecule has 1 amide bonds. The summed E-state index contributed by atoms with van der Waals surface area (Å²) in [6.45, 7) is 5.75. The number of carboxylic acid groups (broad SMARTS) is 1. The average molecular weight is 296 g/mol. The highest BCUT2D eigenvalue weighted by Crippen LogP contribution is 2.17. The summed E-state index contributed by atoms with van der Waals surface area (Å²) in [6, 6.07) is -1.57. The average Bonchev–Trinajstić information content (AvgIpc) is 2.13. The SMILES string of the molecule is C[C@@H](C(=O)O)N(C(=O)OC(C)(C)C)S(=O)(=O)N(C)C. The Bertz CT molecular complexity index is 451. The van der Waals surface area contributed by atoms with Gasteiger partial charge in [0.1, 0.15) is 11.6 Å². The molecule has 0 aliphatic heterocycles. The van der Waals surface area contributed by atoms with E-state index >= 15 is 0 Å². The zero-order chi connectivity index (χ0) is 15.6. The van der Waals surface area contributed by atoms with E-state index in [-0.39, 0.29) is 4.31 Å². The first-order valence-electron chi connectivity index (χ1n) is 5.48. The number of hydrogen-bond donors (Lipinski definition) is 1. The van der Waals surface area contributed by atoms with Crippen LogP contribution in [0.25, 0.3) is 0 Å². The lowest BCUT2D eigenvalue weighted by Crippen LogP contribution is -2.52. The van der Waals surface area contributed by atoms with Crippen LogP contribution >= 0.6 is 0 Å². The van der Waals surface area contributed by atoms with Crippen molar-refractivity contribution < 1.29 is 27.9 Å². The van der Waals surface area contributed by atoms with Gasteiger partial charge < -0.3 is 9.84 Å². The number of amides is 1. The fraction of sp³-hybridized carbons (Fsp3) is 0.800. The molecule has 0 aliphatic carbocycles. The molecule has 0 unspecified atom stereocenters. The van der Waals surface area contributed by atoms with E-state index in [1.807, 2.05) is 0 Å². The number of ether oxygens (including phenoxy) is 1. The van der Waals surface area contributed by atoms with Crippen LogP contribution in [0.3, 0.4) is 0 Å². The van der Waals surface area contributed by atoms with Gasteiger partial charge in [-0.2, -0.15) is 17.0 Å². The van der Waals surface area contributed by atoms with Crippen molar-refractivity contribution in [1.82, 2.24) is 8.61 Å². The molecule has 0 rings (SSSR count). The van der Waals surface area contributed by atoms with E-state index in [9.17, 15) is 18.0 Å². The summed E-state index contributed by atoms with van der Waals surface area (Å²) in [5, 5.41) is 8.91. The first-order valence-corrected chi connectivity index (χ1v) is 6.88. The maximum Gasteiger partial charge on any atom is 0.425 e. The van der Waals surface area contributed by atoms with Crippen LogP contribution in [0.2, 0.25) is 0 Å². The number of hydrogen-bond acceptors (Lipinski definition) is 5. The highest BCUT2D eigenvalue weighted by atomic mass is 32.2. The first kappa shape index (κ1) is 17.6. The van der Waals surface area contributed by atoms with Crippen LogP contribution in [0.1, 0.15) is 27.7 Å². The summed E-state index contributed by atoms with van der Waals surface area (Å²) in [6.07, 6.45) is -1.23. The standard InChI is InChI=1S/C10H20N2O6S/c1-7(8(13)14)12(19(16,17)11(5)6)9(15)18-10(2,3)4/h7H,1-6H3,(H,13,14)/t7-/m0/s1. The Kier molecular flexibility index (Phi) is 5.33. The molecule has 0 aliphatic rings. The fourth-order valence-corrected chi connectivity index (χ4v) is 2.10. The fourth-order valence-electron chi connectivity index (χ4n) is 1.04. The monoisotopic (exact) mass is 296 g/mol. The van der Waals surface area contributed by atoms with Crippen LogP contribution in [-0.4, -0.2) is 59.9 Å². The van der Waals surface area contributed by atoms with Crippen LogP contribution in [0, 0.1) is 0 Å². The zero-order valence-electron chi connectivity index (χ0n) is 11.9.